The monoisotopic (exact) mass is 259 g/mol. The molecule has 0 radical (unpaired) electrons. The highest BCUT2D eigenvalue weighted by Crippen LogP contribution is 2.11. The van der Waals surface area contributed by atoms with E-state index in [0.717, 1.165) is 24.3 Å². The van der Waals surface area contributed by atoms with Gasteiger partial charge >= 0.3 is 0 Å². The molecule has 100 valence electrons. The van der Waals surface area contributed by atoms with E-state index < -0.39 is 0 Å². The first-order valence-electron chi connectivity index (χ1n) is 6.25. The number of carbonyl (C=O) groups is 1. The van der Waals surface area contributed by atoms with Crippen LogP contribution in [0.4, 0.5) is 5.69 Å². The molecular formula is C13H17N5O. The van der Waals surface area contributed by atoms with Gasteiger partial charge in [-0.1, -0.05) is 6.92 Å². The largest absolute Gasteiger partial charge is 0.325 e. The van der Waals surface area contributed by atoms with Gasteiger partial charge in [0.25, 0.3) is 0 Å². The van der Waals surface area contributed by atoms with Crippen LogP contribution in [0.1, 0.15) is 13.3 Å². The number of nitrogens with zero attached hydrogens (tertiary/aromatic N) is 3. The van der Waals surface area contributed by atoms with Crippen LogP contribution in [0.15, 0.2) is 36.9 Å². The molecule has 1 amide bonds. The Bertz CT molecular complexity index is 506. The van der Waals surface area contributed by atoms with Crippen molar-refractivity contribution in [2.45, 2.75) is 13.3 Å². The molecule has 0 fully saturated rings. The third-order valence-electron chi connectivity index (χ3n) is 2.55. The van der Waals surface area contributed by atoms with Gasteiger partial charge in [0.15, 0.2) is 0 Å². The van der Waals surface area contributed by atoms with Crippen LogP contribution in [0, 0.1) is 0 Å². The van der Waals surface area contributed by atoms with Gasteiger partial charge in [0.2, 0.25) is 5.91 Å². The van der Waals surface area contributed by atoms with Crippen molar-refractivity contribution in [3.63, 3.8) is 0 Å². The number of amides is 1. The van der Waals surface area contributed by atoms with Crippen LogP contribution in [-0.4, -0.2) is 33.8 Å². The third kappa shape index (κ3) is 3.89. The van der Waals surface area contributed by atoms with Crippen molar-refractivity contribution in [2.75, 3.05) is 18.4 Å². The molecule has 0 atom stereocenters. The van der Waals surface area contributed by atoms with Gasteiger partial charge < -0.3 is 10.6 Å². The number of hydrogen-bond acceptors (Lipinski definition) is 4. The zero-order valence-electron chi connectivity index (χ0n) is 10.8. The van der Waals surface area contributed by atoms with Gasteiger partial charge in [-0.05, 0) is 37.2 Å². The molecule has 0 unspecified atom stereocenters. The molecule has 1 heterocycles. The molecule has 2 rings (SSSR count). The fourth-order valence-corrected chi connectivity index (χ4v) is 1.62. The van der Waals surface area contributed by atoms with E-state index in [2.05, 4.69) is 27.6 Å². The predicted molar refractivity (Wildman–Crippen MR) is 73.1 cm³/mol. The molecule has 0 saturated heterocycles. The Morgan fingerprint density at radius 3 is 2.74 bits per heavy atom. The normalized spacial score (nSPS) is 10.4. The lowest BCUT2D eigenvalue weighted by molar-refractivity contribution is -0.115. The van der Waals surface area contributed by atoms with Crippen LogP contribution < -0.4 is 10.6 Å². The second kappa shape index (κ2) is 6.65. The number of nitrogens with one attached hydrogen (secondary N) is 2. The maximum atomic E-state index is 11.6. The van der Waals surface area contributed by atoms with Gasteiger partial charge in [0, 0.05) is 5.69 Å². The number of rotatable bonds is 6. The van der Waals surface area contributed by atoms with E-state index in [4.69, 9.17) is 0 Å². The summed E-state index contributed by atoms with van der Waals surface area (Å²) in [5.74, 6) is -0.0399. The number of hydrogen-bond donors (Lipinski definition) is 2. The van der Waals surface area contributed by atoms with E-state index in [9.17, 15) is 4.79 Å². The fraction of sp³-hybridized carbons (Fsp3) is 0.308. The van der Waals surface area contributed by atoms with Crippen molar-refractivity contribution in [3.05, 3.63) is 36.9 Å². The summed E-state index contributed by atoms with van der Waals surface area (Å²) in [4.78, 5) is 15.5. The molecule has 19 heavy (non-hydrogen) atoms. The summed E-state index contributed by atoms with van der Waals surface area (Å²) < 4.78 is 1.66. The summed E-state index contributed by atoms with van der Waals surface area (Å²) in [5.41, 5.74) is 1.67. The van der Waals surface area contributed by atoms with Crippen LogP contribution in [0.5, 0.6) is 0 Å². The molecule has 1 aromatic carbocycles. The maximum absolute atomic E-state index is 11.6. The summed E-state index contributed by atoms with van der Waals surface area (Å²) in [5, 5.41) is 9.92. The SMILES string of the molecule is CCCNCC(=O)Nc1ccc(-n2cncn2)cc1. The highest BCUT2D eigenvalue weighted by molar-refractivity contribution is 5.92. The smallest absolute Gasteiger partial charge is 0.238 e. The Morgan fingerprint density at radius 2 is 2.11 bits per heavy atom. The first-order valence-corrected chi connectivity index (χ1v) is 6.25. The van der Waals surface area contributed by atoms with E-state index in [1.807, 2.05) is 24.3 Å². The molecule has 6 heteroatoms. The zero-order valence-corrected chi connectivity index (χ0v) is 10.8. The first kappa shape index (κ1) is 13.2. The summed E-state index contributed by atoms with van der Waals surface area (Å²) in [7, 11) is 0. The molecule has 1 aromatic heterocycles. The van der Waals surface area contributed by atoms with Crippen molar-refractivity contribution >= 4 is 11.6 Å². The quantitative estimate of drug-likeness (QED) is 0.765. The molecule has 6 nitrogen and oxygen atoms in total. The average Bonchev–Trinajstić information content (AvgIpc) is 2.94. The van der Waals surface area contributed by atoms with E-state index in [1.165, 1.54) is 6.33 Å². The van der Waals surface area contributed by atoms with Gasteiger partial charge in [-0.3, -0.25) is 4.79 Å². The Labute approximate surface area is 111 Å². The second-order valence-corrected chi connectivity index (χ2v) is 4.11. The summed E-state index contributed by atoms with van der Waals surface area (Å²) in [6.45, 7) is 3.24. The molecule has 2 N–H and O–H groups in total. The number of anilines is 1. The van der Waals surface area contributed by atoms with Crippen molar-refractivity contribution in [3.8, 4) is 5.69 Å². The molecule has 2 aromatic rings. The topological polar surface area (TPSA) is 71.8 Å². The standard InChI is InChI=1S/C13H17N5O/c1-2-7-14-8-13(19)17-11-3-5-12(6-4-11)18-10-15-9-16-18/h3-6,9-10,14H,2,7-8H2,1H3,(H,17,19). The Morgan fingerprint density at radius 1 is 1.32 bits per heavy atom. The van der Waals surface area contributed by atoms with Gasteiger partial charge in [-0.25, -0.2) is 9.67 Å². The van der Waals surface area contributed by atoms with Gasteiger partial charge in [-0.15, -0.1) is 0 Å². The molecule has 0 spiro atoms. The lowest BCUT2D eigenvalue weighted by Crippen LogP contribution is -2.28. The van der Waals surface area contributed by atoms with Crippen LogP contribution in [0.25, 0.3) is 5.69 Å². The summed E-state index contributed by atoms with van der Waals surface area (Å²) in [6.07, 6.45) is 4.12. The van der Waals surface area contributed by atoms with Crippen LogP contribution in [0.2, 0.25) is 0 Å². The minimum Gasteiger partial charge on any atom is -0.325 e. The van der Waals surface area contributed by atoms with Crippen LogP contribution in [-0.2, 0) is 4.79 Å². The molecule has 0 aliphatic heterocycles. The van der Waals surface area contributed by atoms with E-state index >= 15 is 0 Å². The fourth-order valence-electron chi connectivity index (χ4n) is 1.62. The van der Waals surface area contributed by atoms with E-state index in [1.54, 1.807) is 11.0 Å². The maximum Gasteiger partial charge on any atom is 0.238 e. The van der Waals surface area contributed by atoms with Crippen molar-refractivity contribution in [1.29, 1.82) is 0 Å². The third-order valence-corrected chi connectivity index (χ3v) is 2.55. The molecule has 0 aliphatic carbocycles. The summed E-state index contributed by atoms with van der Waals surface area (Å²) in [6, 6.07) is 7.44. The first-order chi connectivity index (χ1) is 9.29. The van der Waals surface area contributed by atoms with Crippen molar-refractivity contribution in [1.82, 2.24) is 20.1 Å². The summed E-state index contributed by atoms with van der Waals surface area (Å²) >= 11 is 0. The highest BCUT2D eigenvalue weighted by atomic mass is 16.1. The lowest BCUT2D eigenvalue weighted by atomic mass is 10.3. The Balaban J connectivity index is 1.90. The molecular weight excluding hydrogens is 242 g/mol. The minimum absolute atomic E-state index is 0.0399. The number of aromatic nitrogens is 3. The Kier molecular flexibility index (Phi) is 4.63. The molecule has 0 bridgehead atoms. The minimum atomic E-state index is -0.0399. The molecule has 0 aliphatic rings. The van der Waals surface area contributed by atoms with E-state index in [-0.39, 0.29) is 5.91 Å². The Hall–Kier alpha value is -2.21. The number of benzene rings is 1. The number of carbonyl (C=O) groups excluding carboxylic acids is 1. The van der Waals surface area contributed by atoms with Crippen molar-refractivity contribution in [2.24, 2.45) is 0 Å². The van der Waals surface area contributed by atoms with Gasteiger partial charge in [-0.2, -0.15) is 5.10 Å². The van der Waals surface area contributed by atoms with E-state index in [0.29, 0.717) is 6.54 Å². The predicted octanol–water partition coefficient (Wildman–Crippen LogP) is 1.21. The van der Waals surface area contributed by atoms with Gasteiger partial charge in [0.1, 0.15) is 12.7 Å². The van der Waals surface area contributed by atoms with Gasteiger partial charge in [0.05, 0.1) is 12.2 Å². The van der Waals surface area contributed by atoms with Crippen LogP contribution >= 0.6 is 0 Å². The second-order valence-electron chi connectivity index (χ2n) is 4.11. The molecule has 0 saturated carbocycles. The lowest BCUT2D eigenvalue weighted by Gasteiger charge is -2.07. The van der Waals surface area contributed by atoms with Crippen molar-refractivity contribution < 1.29 is 4.79 Å². The highest BCUT2D eigenvalue weighted by Gasteiger charge is 2.02. The van der Waals surface area contributed by atoms with Crippen LogP contribution in [0.3, 0.4) is 0 Å². The zero-order chi connectivity index (χ0) is 13.5. The average molecular weight is 259 g/mol.